The fraction of sp³-hybridized carbons (Fsp3) is 0.800. The third kappa shape index (κ3) is 3.28. The van der Waals surface area contributed by atoms with E-state index in [1.165, 1.54) is 0 Å². The average molecular weight is 213 g/mol. The molecule has 0 fully saturated rings. The normalized spacial score (nSPS) is 13.4. The zero-order valence-corrected chi connectivity index (χ0v) is 9.56. The Morgan fingerprint density at radius 2 is 2.20 bits per heavy atom. The number of nitrogens with two attached hydrogens (primary N) is 1. The summed E-state index contributed by atoms with van der Waals surface area (Å²) in [6.45, 7) is 7.67. The molecule has 0 radical (unpaired) electrons. The molecule has 5 heteroatoms. The monoisotopic (exact) mass is 213 g/mol. The average Bonchev–Trinajstić information content (AvgIpc) is 2.64. The molecule has 1 unspecified atom stereocenters. The predicted molar refractivity (Wildman–Crippen MR) is 56.3 cm³/mol. The van der Waals surface area contributed by atoms with Crippen LogP contribution in [0.2, 0.25) is 0 Å². The SMILES string of the molecule is CCOCc1noc(C(CN)C(C)C)n1. The lowest BCUT2D eigenvalue weighted by atomic mass is 9.96. The van der Waals surface area contributed by atoms with Crippen molar-refractivity contribution < 1.29 is 9.26 Å². The first-order valence-corrected chi connectivity index (χ1v) is 5.29. The van der Waals surface area contributed by atoms with Crippen LogP contribution >= 0.6 is 0 Å². The van der Waals surface area contributed by atoms with E-state index in [-0.39, 0.29) is 5.92 Å². The van der Waals surface area contributed by atoms with Gasteiger partial charge in [0, 0.05) is 13.2 Å². The van der Waals surface area contributed by atoms with E-state index in [4.69, 9.17) is 15.0 Å². The third-order valence-corrected chi connectivity index (χ3v) is 2.29. The number of rotatable bonds is 6. The van der Waals surface area contributed by atoms with Crippen LogP contribution in [0.25, 0.3) is 0 Å². The zero-order chi connectivity index (χ0) is 11.3. The van der Waals surface area contributed by atoms with Gasteiger partial charge in [-0.25, -0.2) is 0 Å². The van der Waals surface area contributed by atoms with Gasteiger partial charge >= 0.3 is 0 Å². The van der Waals surface area contributed by atoms with Gasteiger partial charge in [0.05, 0.1) is 5.92 Å². The maximum atomic E-state index is 5.66. The van der Waals surface area contributed by atoms with Crippen molar-refractivity contribution in [3.05, 3.63) is 11.7 Å². The summed E-state index contributed by atoms with van der Waals surface area (Å²) in [5.41, 5.74) is 5.66. The molecule has 1 atom stereocenters. The Hall–Kier alpha value is -0.940. The lowest BCUT2D eigenvalue weighted by Gasteiger charge is -2.13. The van der Waals surface area contributed by atoms with Gasteiger partial charge in [-0.3, -0.25) is 0 Å². The van der Waals surface area contributed by atoms with Crippen LogP contribution in [0.15, 0.2) is 4.52 Å². The third-order valence-electron chi connectivity index (χ3n) is 2.29. The van der Waals surface area contributed by atoms with Gasteiger partial charge in [-0.2, -0.15) is 4.98 Å². The molecular formula is C10H19N3O2. The first kappa shape index (κ1) is 12.1. The summed E-state index contributed by atoms with van der Waals surface area (Å²) >= 11 is 0. The van der Waals surface area contributed by atoms with E-state index >= 15 is 0 Å². The molecule has 0 amide bonds. The van der Waals surface area contributed by atoms with Crippen molar-refractivity contribution in [3.63, 3.8) is 0 Å². The maximum absolute atomic E-state index is 5.66. The lowest BCUT2D eigenvalue weighted by molar-refractivity contribution is 0.126. The summed E-state index contributed by atoms with van der Waals surface area (Å²) in [4.78, 5) is 4.26. The second-order valence-corrected chi connectivity index (χ2v) is 3.77. The molecule has 1 heterocycles. The second kappa shape index (κ2) is 5.82. The van der Waals surface area contributed by atoms with Crippen LogP contribution in [-0.4, -0.2) is 23.3 Å². The molecule has 0 saturated heterocycles. The minimum atomic E-state index is 0.132. The van der Waals surface area contributed by atoms with E-state index in [0.717, 1.165) is 0 Å². The molecule has 1 aromatic heterocycles. The summed E-state index contributed by atoms with van der Waals surface area (Å²) in [6.07, 6.45) is 0. The van der Waals surface area contributed by atoms with Crippen molar-refractivity contribution in [2.24, 2.45) is 11.7 Å². The van der Waals surface area contributed by atoms with Crippen molar-refractivity contribution in [1.29, 1.82) is 0 Å². The molecule has 0 bridgehead atoms. The molecule has 0 aliphatic carbocycles. The number of hydrogen-bond donors (Lipinski definition) is 1. The molecule has 0 aromatic carbocycles. The molecule has 0 saturated carbocycles. The highest BCUT2D eigenvalue weighted by Crippen LogP contribution is 2.21. The second-order valence-electron chi connectivity index (χ2n) is 3.77. The summed E-state index contributed by atoms with van der Waals surface area (Å²) in [7, 11) is 0. The van der Waals surface area contributed by atoms with Gasteiger partial charge in [0.1, 0.15) is 6.61 Å². The first-order chi connectivity index (χ1) is 7.19. The van der Waals surface area contributed by atoms with Crippen molar-refractivity contribution in [1.82, 2.24) is 10.1 Å². The number of ether oxygens (including phenoxy) is 1. The smallest absolute Gasteiger partial charge is 0.231 e. The van der Waals surface area contributed by atoms with Gasteiger partial charge in [0.25, 0.3) is 0 Å². The molecule has 15 heavy (non-hydrogen) atoms. The Balaban J connectivity index is 2.65. The van der Waals surface area contributed by atoms with Crippen molar-refractivity contribution >= 4 is 0 Å². The fourth-order valence-electron chi connectivity index (χ4n) is 1.33. The van der Waals surface area contributed by atoms with Crippen molar-refractivity contribution in [2.45, 2.75) is 33.3 Å². The van der Waals surface area contributed by atoms with Gasteiger partial charge in [-0.1, -0.05) is 19.0 Å². The minimum absolute atomic E-state index is 0.132. The van der Waals surface area contributed by atoms with Crippen LogP contribution in [0.4, 0.5) is 0 Å². The highest BCUT2D eigenvalue weighted by atomic mass is 16.5. The zero-order valence-electron chi connectivity index (χ0n) is 9.56. The highest BCUT2D eigenvalue weighted by molar-refractivity contribution is 4.95. The molecular weight excluding hydrogens is 194 g/mol. The summed E-state index contributed by atoms with van der Waals surface area (Å²) in [5, 5.41) is 3.84. The summed E-state index contributed by atoms with van der Waals surface area (Å²) in [6, 6.07) is 0. The van der Waals surface area contributed by atoms with Gasteiger partial charge in [0.2, 0.25) is 5.89 Å². The fourth-order valence-corrected chi connectivity index (χ4v) is 1.33. The van der Waals surface area contributed by atoms with Gasteiger partial charge < -0.3 is 15.0 Å². The highest BCUT2D eigenvalue weighted by Gasteiger charge is 2.20. The topological polar surface area (TPSA) is 74.2 Å². The molecule has 1 rings (SSSR count). The van der Waals surface area contributed by atoms with E-state index < -0.39 is 0 Å². The van der Waals surface area contributed by atoms with E-state index in [0.29, 0.717) is 37.4 Å². The van der Waals surface area contributed by atoms with E-state index in [2.05, 4.69) is 24.0 Å². The van der Waals surface area contributed by atoms with E-state index in [1.54, 1.807) is 0 Å². The molecule has 1 aromatic rings. The Labute approximate surface area is 90.0 Å². The van der Waals surface area contributed by atoms with Gasteiger partial charge in [-0.15, -0.1) is 0 Å². The molecule has 0 spiro atoms. The van der Waals surface area contributed by atoms with Crippen LogP contribution in [0, 0.1) is 5.92 Å². The minimum Gasteiger partial charge on any atom is -0.374 e. The van der Waals surface area contributed by atoms with Crippen LogP contribution in [-0.2, 0) is 11.3 Å². The van der Waals surface area contributed by atoms with Gasteiger partial charge in [-0.05, 0) is 12.8 Å². The quantitative estimate of drug-likeness (QED) is 0.771. The van der Waals surface area contributed by atoms with Crippen LogP contribution < -0.4 is 5.73 Å². The molecule has 86 valence electrons. The standard InChI is InChI=1S/C10H19N3O2/c1-4-14-6-9-12-10(15-13-9)8(5-11)7(2)3/h7-8H,4-6,11H2,1-3H3. The van der Waals surface area contributed by atoms with Crippen LogP contribution in [0.1, 0.15) is 38.4 Å². The lowest BCUT2D eigenvalue weighted by Crippen LogP contribution is -2.18. The predicted octanol–water partition coefficient (Wildman–Crippen LogP) is 1.30. The number of aromatic nitrogens is 2. The summed E-state index contributed by atoms with van der Waals surface area (Å²) < 4.78 is 10.3. The Morgan fingerprint density at radius 1 is 1.47 bits per heavy atom. The van der Waals surface area contributed by atoms with Gasteiger partial charge in [0.15, 0.2) is 5.82 Å². The molecule has 5 nitrogen and oxygen atoms in total. The van der Waals surface area contributed by atoms with E-state index in [1.807, 2.05) is 6.92 Å². The van der Waals surface area contributed by atoms with E-state index in [9.17, 15) is 0 Å². The maximum Gasteiger partial charge on any atom is 0.231 e. The van der Waals surface area contributed by atoms with Crippen LogP contribution in [0.3, 0.4) is 0 Å². The van der Waals surface area contributed by atoms with Crippen molar-refractivity contribution in [2.75, 3.05) is 13.2 Å². The summed E-state index contributed by atoms with van der Waals surface area (Å²) in [5.74, 6) is 1.73. The largest absolute Gasteiger partial charge is 0.374 e. The van der Waals surface area contributed by atoms with Crippen molar-refractivity contribution in [3.8, 4) is 0 Å². The Kier molecular flexibility index (Phi) is 4.71. The number of nitrogens with zero attached hydrogens (tertiary/aromatic N) is 2. The Morgan fingerprint density at radius 3 is 2.73 bits per heavy atom. The molecule has 0 aliphatic heterocycles. The van der Waals surface area contributed by atoms with Crippen LogP contribution in [0.5, 0.6) is 0 Å². The first-order valence-electron chi connectivity index (χ1n) is 5.29. The molecule has 2 N–H and O–H groups in total. The molecule has 0 aliphatic rings. The number of hydrogen-bond acceptors (Lipinski definition) is 5. The Bertz CT molecular complexity index is 286.